The van der Waals surface area contributed by atoms with Crippen LogP contribution in [0, 0.1) is 12.3 Å². The molecule has 3 aromatic rings. The Morgan fingerprint density at radius 2 is 1.88 bits per heavy atom. The van der Waals surface area contributed by atoms with Crippen LogP contribution in [0.25, 0.3) is 11.1 Å². The summed E-state index contributed by atoms with van der Waals surface area (Å²) in [5.41, 5.74) is 2.35. The average Bonchev–Trinajstić information content (AvgIpc) is 3.25. The van der Waals surface area contributed by atoms with Gasteiger partial charge in [-0.15, -0.1) is 11.3 Å². The highest BCUT2D eigenvalue weighted by molar-refractivity contribution is 7.13. The standard InChI is InChI=1S/C25H28N4O2S/c1-18-9-10-22(32-18)23(30)29-12-6-11-25(16-29,24(31)28(2)3)13-19-7-4-5-8-21(19)20-14-26-17-27-15-20/h4-5,7-10,14-15,17H,6,11-13,16H2,1-3H3/t25-/m0/s1. The van der Waals surface area contributed by atoms with E-state index in [0.29, 0.717) is 19.5 Å². The lowest BCUT2D eigenvalue weighted by molar-refractivity contribution is -0.142. The number of carbonyl (C=O) groups is 2. The minimum Gasteiger partial charge on any atom is -0.348 e. The van der Waals surface area contributed by atoms with E-state index >= 15 is 0 Å². The van der Waals surface area contributed by atoms with Crippen molar-refractivity contribution < 1.29 is 9.59 Å². The van der Waals surface area contributed by atoms with E-state index < -0.39 is 5.41 Å². The van der Waals surface area contributed by atoms with Gasteiger partial charge in [-0.2, -0.15) is 0 Å². The topological polar surface area (TPSA) is 66.4 Å². The van der Waals surface area contributed by atoms with Crippen molar-refractivity contribution in [2.75, 3.05) is 27.2 Å². The first kappa shape index (κ1) is 22.1. The Hall–Kier alpha value is -3.06. The zero-order valence-electron chi connectivity index (χ0n) is 18.7. The Labute approximate surface area is 192 Å². The number of likely N-dealkylation sites (tertiary alicyclic amines) is 1. The summed E-state index contributed by atoms with van der Waals surface area (Å²) in [6.07, 6.45) is 7.20. The number of rotatable bonds is 5. The van der Waals surface area contributed by atoms with Gasteiger partial charge in [-0.3, -0.25) is 9.59 Å². The van der Waals surface area contributed by atoms with Crippen molar-refractivity contribution in [1.82, 2.24) is 19.8 Å². The Morgan fingerprint density at radius 1 is 1.12 bits per heavy atom. The maximum Gasteiger partial charge on any atom is 0.263 e. The Kier molecular flexibility index (Phi) is 6.37. The van der Waals surface area contributed by atoms with Gasteiger partial charge in [-0.05, 0) is 49.4 Å². The monoisotopic (exact) mass is 448 g/mol. The minimum atomic E-state index is -0.671. The molecule has 2 aromatic heterocycles. The largest absolute Gasteiger partial charge is 0.348 e. The minimum absolute atomic E-state index is 0.0171. The van der Waals surface area contributed by atoms with Crippen LogP contribution in [0.15, 0.2) is 55.1 Å². The van der Waals surface area contributed by atoms with E-state index in [1.165, 1.54) is 17.7 Å². The molecule has 7 heteroatoms. The van der Waals surface area contributed by atoms with Gasteiger partial charge < -0.3 is 9.80 Å². The van der Waals surface area contributed by atoms with Gasteiger partial charge in [-0.25, -0.2) is 9.97 Å². The van der Waals surface area contributed by atoms with Crippen LogP contribution in [-0.4, -0.2) is 58.8 Å². The molecule has 166 valence electrons. The molecule has 1 fully saturated rings. The van der Waals surface area contributed by atoms with Crippen molar-refractivity contribution in [2.24, 2.45) is 5.41 Å². The third-order valence-electron chi connectivity index (χ3n) is 6.09. The van der Waals surface area contributed by atoms with E-state index in [2.05, 4.69) is 16.0 Å². The predicted octanol–water partition coefficient (Wildman–Crippen LogP) is 4.07. The summed E-state index contributed by atoms with van der Waals surface area (Å²) >= 11 is 1.51. The summed E-state index contributed by atoms with van der Waals surface area (Å²) in [6.45, 7) is 3.09. The van der Waals surface area contributed by atoms with Gasteiger partial charge in [0, 0.05) is 50.0 Å². The SMILES string of the molecule is Cc1ccc(C(=O)N2CCC[C@@](Cc3ccccc3-c3cncnc3)(C(=O)N(C)C)C2)s1. The van der Waals surface area contributed by atoms with Crippen LogP contribution in [0.5, 0.6) is 0 Å². The lowest BCUT2D eigenvalue weighted by Gasteiger charge is -2.43. The third kappa shape index (κ3) is 4.43. The first-order valence-corrected chi connectivity index (χ1v) is 11.6. The number of amides is 2. The smallest absolute Gasteiger partial charge is 0.263 e. The number of thiophene rings is 1. The zero-order valence-corrected chi connectivity index (χ0v) is 19.6. The van der Waals surface area contributed by atoms with E-state index in [1.807, 2.05) is 42.2 Å². The Morgan fingerprint density at radius 3 is 2.56 bits per heavy atom. The number of hydrogen-bond donors (Lipinski definition) is 0. The molecule has 1 aliphatic heterocycles. The van der Waals surface area contributed by atoms with Crippen LogP contribution in [0.1, 0.15) is 33.0 Å². The molecule has 0 radical (unpaired) electrons. The average molecular weight is 449 g/mol. The summed E-state index contributed by atoms with van der Waals surface area (Å²) in [4.78, 5) is 40.5. The van der Waals surface area contributed by atoms with Crippen molar-refractivity contribution in [2.45, 2.75) is 26.2 Å². The molecular formula is C25H28N4O2S. The van der Waals surface area contributed by atoms with Gasteiger partial charge in [0.25, 0.3) is 5.91 Å². The van der Waals surface area contributed by atoms with E-state index in [1.54, 1.807) is 31.4 Å². The first-order valence-electron chi connectivity index (χ1n) is 10.8. The Balaban J connectivity index is 1.69. The van der Waals surface area contributed by atoms with Crippen LogP contribution >= 0.6 is 11.3 Å². The van der Waals surface area contributed by atoms with Crippen LogP contribution in [0.4, 0.5) is 0 Å². The van der Waals surface area contributed by atoms with E-state index in [9.17, 15) is 9.59 Å². The summed E-state index contributed by atoms with van der Waals surface area (Å²) in [7, 11) is 3.59. The van der Waals surface area contributed by atoms with Crippen molar-refractivity contribution in [3.63, 3.8) is 0 Å². The molecule has 0 N–H and O–H groups in total. The van der Waals surface area contributed by atoms with Crippen molar-refractivity contribution >= 4 is 23.2 Å². The number of nitrogens with zero attached hydrogens (tertiary/aromatic N) is 4. The molecule has 6 nitrogen and oxygen atoms in total. The first-order chi connectivity index (χ1) is 15.4. The summed E-state index contributed by atoms with van der Waals surface area (Å²) in [6, 6.07) is 12.0. The second-order valence-corrected chi connectivity index (χ2v) is 9.97. The predicted molar refractivity (Wildman–Crippen MR) is 126 cm³/mol. The van der Waals surface area contributed by atoms with Gasteiger partial charge in [0.15, 0.2) is 0 Å². The number of piperidine rings is 1. The van der Waals surface area contributed by atoms with Gasteiger partial charge in [0.1, 0.15) is 6.33 Å². The molecule has 0 spiro atoms. The summed E-state index contributed by atoms with van der Waals surface area (Å²) < 4.78 is 0. The molecule has 1 atom stereocenters. The summed E-state index contributed by atoms with van der Waals surface area (Å²) in [5, 5.41) is 0. The molecule has 0 bridgehead atoms. The molecule has 1 saturated heterocycles. The van der Waals surface area contributed by atoms with E-state index in [4.69, 9.17) is 0 Å². The van der Waals surface area contributed by atoms with Gasteiger partial charge in [-0.1, -0.05) is 24.3 Å². The third-order valence-corrected chi connectivity index (χ3v) is 7.08. The van der Waals surface area contributed by atoms with Crippen LogP contribution in [0.3, 0.4) is 0 Å². The number of carbonyl (C=O) groups excluding carboxylic acids is 2. The molecule has 32 heavy (non-hydrogen) atoms. The summed E-state index contributed by atoms with van der Waals surface area (Å²) in [5.74, 6) is 0.0833. The normalized spacial score (nSPS) is 18.4. The highest BCUT2D eigenvalue weighted by atomic mass is 32.1. The molecule has 2 amide bonds. The van der Waals surface area contributed by atoms with Crippen molar-refractivity contribution in [3.8, 4) is 11.1 Å². The lowest BCUT2D eigenvalue weighted by Crippen LogP contribution is -2.54. The molecule has 0 aliphatic carbocycles. The quantitative estimate of drug-likeness (QED) is 0.590. The van der Waals surface area contributed by atoms with Crippen LogP contribution in [-0.2, 0) is 11.2 Å². The van der Waals surface area contributed by atoms with Gasteiger partial charge in [0.05, 0.1) is 10.3 Å². The highest BCUT2D eigenvalue weighted by Crippen LogP contribution is 2.38. The molecule has 0 saturated carbocycles. The molecule has 1 aromatic carbocycles. The number of aromatic nitrogens is 2. The van der Waals surface area contributed by atoms with Crippen molar-refractivity contribution in [3.05, 3.63) is 70.4 Å². The molecule has 1 aliphatic rings. The number of aryl methyl sites for hydroxylation is 1. The highest BCUT2D eigenvalue weighted by Gasteiger charge is 2.45. The maximum atomic E-state index is 13.5. The number of benzene rings is 1. The fourth-order valence-corrected chi connectivity index (χ4v) is 5.47. The lowest BCUT2D eigenvalue weighted by atomic mass is 9.73. The Bertz CT molecular complexity index is 1110. The van der Waals surface area contributed by atoms with E-state index in [-0.39, 0.29) is 11.8 Å². The number of hydrogen-bond acceptors (Lipinski definition) is 5. The second kappa shape index (κ2) is 9.20. The van der Waals surface area contributed by atoms with Crippen LogP contribution < -0.4 is 0 Å². The van der Waals surface area contributed by atoms with Crippen LogP contribution in [0.2, 0.25) is 0 Å². The maximum absolute atomic E-state index is 13.5. The van der Waals surface area contributed by atoms with Crippen molar-refractivity contribution in [1.29, 1.82) is 0 Å². The molecule has 3 heterocycles. The molecule has 4 rings (SSSR count). The van der Waals surface area contributed by atoms with E-state index in [0.717, 1.165) is 39.3 Å². The second-order valence-electron chi connectivity index (χ2n) is 8.68. The molecular weight excluding hydrogens is 420 g/mol. The molecule has 0 unspecified atom stereocenters. The zero-order chi connectivity index (χ0) is 22.7. The fourth-order valence-electron chi connectivity index (χ4n) is 4.64. The fraction of sp³-hybridized carbons (Fsp3) is 0.360. The van der Waals surface area contributed by atoms with Gasteiger partial charge in [0.2, 0.25) is 5.91 Å². The van der Waals surface area contributed by atoms with Gasteiger partial charge >= 0.3 is 0 Å².